The molecule has 6 aliphatic rings. The first kappa shape index (κ1) is 43.6. The van der Waals surface area contributed by atoms with Gasteiger partial charge in [-0.1, -0.05) is 171 Å². The van der Waals surface area contributed by atoms with Gasteiger partial charge in [0.2, 0.25) is 0 Å². The van der Waals surface area contributed by atoms with E-state index in [9.17, 15) is 0 Å². The monoisotopic (exact) mass is 957 g/mol. The second-order valence-corrected chi connectivity index (χ2v) is 25.9. The maximum atomic E-state index is 2.86. The number of fused-ring (bicyclic) bond motifs is 11. The number of rotatable bonds is 4. The van der Waals surface area contributed by atoms with Gasteiger partial charge >= 0.3 is 0 Å². The molecule has 0 amide bonds. The van der Waals surface area contributed by atoms with Crippen LogP contribution in [-0.4, -0.2) is 15.8 Å². The largest absolute Gasteiger partial charge is 0.310 e. The van der Waals surface area contributed by atoms with Crippen LogP contribution in [-0.2, 0) is 5.41 Å². The molecule has 0 saturated heterocycles. The average molecular weight is 957 g/mol. The number of aromatic nitrogens is 2. The molecule has 3 heteroatoms. The van der Waals surface area contributed by atoms with Gasteiger partial charge in [0, 0.05) is 44.1 Å². The Morgan fingerprint density at radius 1 is 0.446 bits per heavy atom. The molecule has 8 aromatic carbocycles. The van der Waals surface area contributed by atoms with Gasteiger partial charge in [-0.3, -0.25) is 0 Å². The number of para-hydroxylation sites is 1. The van der Waals surface area contributed by atoms with E-state index in [2.05, 4.69) is 204 Å². The van der Waals surface area contributed by atoms with Crippen LogP contribution in [0.4, 0.5) is 0 Å². The first-order valence-corrected chi connectivity index (χ1v) is 28.2. The van der Waals surface area contributed by atoms with E-state index in [1.165, 1.54) is 190 Å². The highest BCUT2D eigenvalue weighted by molar-refractivity contribution is 7.00. The van der Waals surface area contributed by atoms with Gasteiger partial charge in [0.25, 0.3) is 6.71 Å². The smallest absolute Gasteiger partial charge is 0.252 e. The van der Waals surface area contributed by atoms with E-state index in [1.54, 1.807) is 11.1 Å². The summed E-state index contributed by atoms with van der Waals surface area (Å²) >= 11 is 0. The van der Waals surface area contributed by atoms with E-state index in [0.717, 1.165) is 0 Å². The third-order valence-electron chi connectivity index (χ3n) is 20.2. The van der Waals surface area contributed by atoms with Crippen molar-refractivity contribution in [2.24, 2.45) is 10.8 Å². The zero-order valence-electron chi connectivity index (χ0n) is 44.6. The Morgan fingerprint density at radius 3 is 1.59 bits per heavy atom. The lowest BCUT2D eigenvalue weighted by molar-refractivity contribution is 0.224. The standard InChI is InChI=1S/C71H65BN2/c1-40-12-18-46(19-13-40)62-52-10-9-11-59-66(52)73(64(62)47-20-14-41(2)15-21-47)61-25-24-55-68-63(61)72(59)60-39-49(45-28-32-70(7,8)33-29-45)37-54-53-36-48(44-26-30-69(5,6)31-27-44)38-58(65(53)74(68)67(54)60)71(55)56-34-42(3)16-22-50(56)51-23-17-43(4)35-57(51)71/h9-25,34-39,44-45H,26-33H2,1-8H3. The van der Waals surface area contributed by atoms with Crippen LogP contribution in [0.2, 0.25) is 0 Å². The fraction of sp³-hybridized carbons (Fsp3) is 0.296. The van der Waals surface area contributed by atoms with Crippen molar-refractivity contribution in [1.82, 2.24) is 9.13 Å². The first-order chi connectivity index (χ1) is 35.8. The number of aryl methyl sites for hydroxylation is 4. The van der Waals surface area contributed by atoms with Gasteiger partial charge in [-0.25, -0.2) is 0 Å². The predicted octanol–water partition coefficient (Wildman–Crippen LogP) is 16.5. The Bertz CT molecular complexity index is 4060. The molecule has 16 rings (SSSR count). The van der Waals surface area contributed by atoms with Crippen molar-refractivity contribution in [2.75, 3.05) is 0 Å². The summed E-state index contributed by atoms with van der Waals surface area (Å²) in [5.74, 6) is 1.07. The summed E-state index contributed by atoms with van der Waals surface area (Å²) in [7, 11) is 0. The Labute approximate surface area is 437 Å². The fourth-order valence-electron chi connectivity index (χ4n) is 16.2. The van der Waals surface area contributed by atoms with E-state index >= 15 is 0 Å². The van der Waals surface area contributed by atoms with Crippen molar-refractivity contribution >= 4 is 55.8 Å². The van der Waals surface area contributed by atoms with Crippen LogP contribution in [0.1, 0.15) is 147 Å². The topological polar surface area (TPSA) is 9.86 Å². The number of hydrogen-bond acceptors (Lipinski definition) is 0. The van der Waals surface area contributed by atoms with Crippen LogP contribution in [0.15, 0.2) is 140 Å². The summed E-state index contributed by atoms with van der Waals surface area (Å²) in [5.41, 5.74) is 33.7. The molecule has 5 heterocycles. The van der Waals surface area contributed by atoms with E-state index in [-0.39, 0.29) is 6.71 Å². The molecule has 3 aliphatic carbocycles. The zero-order chi connectivity index (χ0) is 49.9. The Kier molecular flexibility index (Phi) is 8.66. The summed E-state index contributed by atoms with van der Waals surface area (Å²) in [4.78, 5) is 0. The highest BCUT2D eigenvalue weighted by Gasteiger charge is 2.55. The molecule has 362 valence electrons. The fourth-order valence-corrected chi connectivity index (χ4v) is 16.2. The highest BCUT2D eigenvalue weighted by Crippen LogP contribution is 2.63. The summed E-state index contributed by atoms with van der Waals surface area (Å²) < 4.78 is 5.59. The Hall–Kier alpha value is -6.84. The molecule has 0 radical (unpaired) electrons. The minimum absolute atomic E-state index is 0.0519. The van der Waals surface area contributed by atoms with Crippen molar-refractivity contribution in [3.63, 3.8) is 0 Å². The summed E-state index contributed by atoms with van der Waals surface area (Å²) in [6.07, 6.45) is 10.1. The highest BCUT2D eigenvalue weighted by atomic mass is 15.1. The molecule has 2 nitrogen and oxygen atoms in total. The van der Waals surface area contributed by atoms with Gasteiger partial charge in [-0.2, -0.15) is 0 Å². The molecule has 0 N–H and O–H groups in total. The van der Waals surface area contributed by atoms with Crippen molar-refractivity contribution in [3.8, 4) is 44.9 Å². The second kappa shape index (κ2) is 14.7. The molecule has 1 spiro atoms. The number of nitrogens with zero attached hydrogens (tertiary/aromatic N) is 2. The molecular weight excluding hydrogens is 892 g/mol. The average Bonchev–Trinajstić information content (AvgIpc) is 4.18. The van der Waals surface area contributed by atoms with E-state index < -0.39 is 5.41 Å². The van der Waals surface area contributed by atoms with Gasteiger partial charge in [0.15, 0.2) is 0 Å². The molecule has 74 heavy (non-hydrogen) atoms. The third-order valence-corrected chi connectivity index (χ3v) is 20.2. The number of hydrogen-bond donors (Lipinski definition) is 0. The van der Waals surface area contributed by atoms with Gasteiger partial charge in [-0.15, -0.1) is 0 Å². The minimum Gasteiger partial charge on any atom is -0.310 e. The van der Waals surface area contributed by atoms with Crippen molar-refractivity contribution < 1.29 is 0 Å². The molecule has 0 unspecified atom stereocenters. The van der Waals surface area contributed by atoms with Crippen LogP contribution in [0.5, 0.6) is 0 Å². The van der Waals surface area contributed by atoms with E-state index in [0.29, 0.717) is 22.7 Å². The normalized spacial score (nSPS) is 18.3. The van der Waals surface area contributed by atoms with Crippen molar-refractivity contribution in [2.45, 2.75) is 124 Å². The second-order valence-electron chi connectivity index (χ2n) is 25.9. The molecule has 0 bridgehead atoms. The van der Waals surface area contributed by atoms with Gasteiger partial charge < -0.3 is 9.13 Å². The Balaban J connectivity index is 1.11. The van der Waals surface area contributed by atoms with Gasteiger partial charge in [0.1, 0.15) is 0 Å². The predicted molar refractivity (Wildman–Crippen MR) is 313 cm³/mol. The lowest BCUT2D eigenvalue weighted by atomic mass is 9.33. The van der Waals surface area contributed by atoms with Crippen LogP contribution in [0.3, 0.4) is 0 Å². The summed E-state index contributed by atoms with van der Waals surface area (Å²) in [6.45, 7) is 19.1. The minimum atomic E-state index is -0.519. The van der Waals surface area contributed by atoms with Crippen LogP contribution >= 0.6 is 0 Å². The SMILES string of the molecule is Cc1ccc(-c2c(-c3ccc(C)cc3)n3c4c(cccc24)B2c4c-3ccc3c4-n4c5c2cc(C2CCC(C)(C)CC2)cc5c2cc(C5CCC(C)(C)CC5)cc(c24)C32c3cc(C)ccc3-c3ccc(C)cc32)cc1. The van der Waals surface area contributed by atoms with Gasteiger partial charge in [-0.05, 0) is 192 Å². The third kappa shape index (κ3) is 5.64. The molecule has 2 fully saturated rings. The number of benzene rings is 8. The van der Waals surface area contributed by atoms with E-state index in [1.807, 2.05) is 0 Å². The molecule has 10 aromatic rings. The van der Waals surface area contributed by atoms with Crippen LogP contribution < -0.4 is 16.4 Å². The first-order valence-electron chi connectivity index (χ1n) is 28.2. The maximum Gasteiger partial charge on any atom is 0.252 e. The van der Waals surface area contributed by atoms with Crippen LogP contribution in [0.25, 0.3) is 77.6 Å². The zero-order valence-corrected chi connectivity index (χ0v) is 44.6. The quantitative estimate of drug-likeness (QED) is 0.156. The maximum absolute atomic E-state index is 2.86. The summed E-state index contributed by atoms with van der Waals surface area (Å²) in [6, 6.07) is 57.0. The Morgan fingerprint density at radius 2 is 0.986 bits per heavy atom. The molecule has 2 aromatic heterocycles. The molecule has 2 saturated carbocycles. The molecule has 0 atom stereocenters. The van der Waals surface area contributed by atoms with Crippen molar-refractivity contribution in [3.05, 3.63) is 195 Å². The summed E-state index contributed by atoms with van der Waals surface area (Å²) in [5, 5.41) is 4.27. The van der Waals surface area contributed by atoms with E-state index in [4.69, 9.17) is 0 Å². The van der Waals surface area contributed by atoms with Crippen molar-refractivity contribution in [1.29, 1.82) is 0 Å². The van der Waals surface area contributed by atoms with Crippen LogP contribution in [0, 0.1) is 38.5 Å². The van der Waals surface area contributed by atoms with Gasteiger partial charge in [0.05, 0.1) is 16.6 Å². The lowest BCUT2D eigenvalue weighted by Crippen LogP contribution is -2.60. The lowest BCUT2D eigenvalue weighted by Gasteiger charge is -2.44. The molecular formula is C71H65BN2. The molecule has 3 aliphatic heterocycles.